The van der Waals surface area contributed by atoms with Crippen molar-refractivity contribution in [3.05, 3.63) is 35.4 Å². The summed E-state index contributed by atoms with van der Waals surface area (Å²) < 4.78 is 5.34. The molecule has 2 N–H and O–H groups in total. The van der Waals surface area contributed by atoms with Gasteiger partial charge in [-0.25, -0.2) is 0 Å². The highest BCUT2D eigenvalue weighted by molar-refractivity contribution is 14.0. The molecule has 0 saturated heterocycles. The molecular formula is C19H33IN4O. The lowest BCUT2D eigenvalue weighted by molar-refractivity contribution is 0.143. The van der Waals surface area contributed by atoms with Crippen LogP contribution in [0, 0.1) is 0 Å². The molecule has 0 radical (unpaired) electrons. The summed E-state index contributed by atoms with van der Waals surface area (Å²) in [7, 11) is 1.83. The van der Waals surface area contributed by atoms with Gasteiger partial charge in [-0.3, -0.25) is 9.89 Å². The van der Waals surface area contributed by atoms with Gasteiger partial charge in [0.1, 0.15) is 0 Å². The lowest BCUT2D eigenvalue weighted by Crippen LogP contribution is -2.42. The molecule has 0 saturated carbocycles. The Morgan fingerprint density at radius 3 is 2.68 bits per heavy atom. The molecule has 0 aliphatic carbocycles. The summed E-state index contributed by atoms with van der Waals surface area (Å²) >= 11 is 0. The van der Waals surface area contributed by atoms with E-state index in [4.69, 9.17) is 4.74 Å². The number of hydrogen-bond donors (Lipinski definition) is 2. The van der Waals surface area contributed by atoms with Crippen LogP contribution in [0.3, 0.4) is 0 Å². The molecule has 6 heteroatoms. The lowest BCUT2D eigenvalue weighted by Gasteiger charge is -2.28. The van der Waals surface area contributed by atoms with Crippen molar-refractivity contribution in [1.29, 1.82) is 0 Å². The normalized spacial score (nSPS) is 14.6. The van der Waals surface area contributed by atoms with Crippen LogP contribution in [0.2, 0.25) is 0 Å². The van der Waals surface area contributed by atoms with Gasteiger partial charge < -0.3 is 15.4 Å². The molecule has 0 unspecified atom stereocenters. The zero-order chi connectivity index (χ0) is 17.0. The van der Waals surface area contributed by atoms with Crippen LogP contribution in [0.15, 0.2) is 29.3 Å². The molecule has 1 heterocycles. The minimum Gasteiger partial charge on any atom is -0.382 e. The van der Waals surface area contributed by atoms with E-state index in [9.17, 15) is 0 Å². The Labute approximate surface area is 169 Å². The maximum atomic E-state index is 5.34. The minimum absolute atomic E-state index is 0. The van der Waals surface area contributed by atoms with Crippen LogP contribution in [0.4, 0.5) is 0 Å². The van der Waals surface area contributed by atoms with Gasteiger partial charge in [-0.05, 0) is 37.3 Å². The average Bonchev–Trinajstić information content (AvgIpc) is 2.63. The Bertz CT molecular complexity index is 510. The van der Waals surface area contributed by atoms with Gasteiger partial charge >= 0.3 is 0 Å². The third kappa shape index (κ3) is 8.37. The maximum absolute atomic E-state index is 5.34. The molecule has 0 atom stereocenters. The Morgan fingerprint density at radius 2 is 1.92 bits per heavy atom. The van der Waals surface area contributed by atoms with Crippen molar-refractivity contribution in [2.75, 3.05) is 46.4 Å². The van der Waals surface area contributed by atoms with Crippen LogP contribution in [0.5, 0.6) is 0 Å². The first-order valence-corrected chi connectivity index (χ1v) is 9.15. The third-order valence-electron chi connectivity index (χ3n) is 4.37. The first-order chi connectivity index (χ1) is 11.8. The van der Waals surface area contributed by atoms with Crippen LogP contribution in [-0.4, -0.2) is 57.3 Å². The molecule has 25 heavy (non-hydrogen) atoms. The molecule has 0 spiro atoms. The van der Waals surface area contributed by atoms with Crippen molar-refractivity contribution in [2.24, 2.45) is 4.99 Å². The van der Waals surface area contributed by atoms with Crippen molar-refractivity contribution in [3.63, 3.8) is 0 Å². The van der Waals surface area contributed by atoms with Gasteiger partial charge in [0.15, 0.2) is 5.96 Å². The number of aliphatic imine (C=N–C) groups is 1. The fourth-order valence-corrected chi connectivity index (χ4v) is 2.98. The fraction of sp³-hybridized carbons (Fsp3) is 0.632. The van der Waals surface area contributed by atoms with E-state index in [1.54, 1.807) is 0 Å². The summed E-state index contributed by atoms with van der Waals surface area (Å²) in [6.07, 6.45) is 3.34. The number of hydrogen-bond acceptors (Lipinski definition) is 3. The summed E-state index contributed by atoms with van der Waals surface area (Å²) in [4.78, 5) is 6.79. The van der Waals surface area contributed by atoms with E-state index in [0.29, 0.717) is 0 Å². The highest BCUT2D eigenvalue weighted by atomic mass is 127. The standard InChI is InChI=1S/C19H32N4O.HI/c1-3-24-15-7-6-11-21-19(20-2)22-12-14-23-13-10-17-8-4-5-9-18(17)16-23;/h4-5,8-9H,3,6-7,10-16H2,1-2H3,(H2,20,21,22);1H. The molecule has 2 rings (SSSR count). The SMILES string of the molecule is CCOCCCCNC(=NC)NCCN1CCc2ccccc2C1.I. The number of nitrogens with one attached hydrogen (secondary N) is 2. The smallest absolute Gasteiger partial charge is 0.191 e. The first-order valence-electron chi connectivity index (χ1n) is 9.15. The van der Waals surface area contributed by atoms with Gasteiger partial charge in [0.25, 0.3) is 0 Å². The topological polar surface area (TPSA) is 48.9 Å². The van der Waals surface area contributed by atoms with Gasteiger partial charge in [0.2, 0.25) is 0 Å². The van der Waals surface area contributed by atoms with E-state index >= 15 is 0 Å². The van der Waals surface area contributed by atoms with Gasteiger partial charge in [0.05, 0.1) is 0 Å². The van der Waals surface area contributed by atoms with E-state index < -0.39 is 0 Å². The highest BCUT2D eigenvalue weighted by Gasteiger charge is 2.14. The number of benzene rings is 1. The van der Waals surface area contributed by atoms with Crippen molar-refractivity contribution in [2.45, 2.75) is 32.7 Å². The first kappa shape index (κ1) is 22.2. The van der Waals surface area contributed by atoms with Crippen molar-refractivity contribution < 1.29 is 4.74 Å². The van der Waals surface area contributed by atoms with E-state index in [1.807, 2.05) is 14.0 Å². The van der Waals surface area contributed by atoms with Crippen molar-refractivity contribution in [3.8, 4) is 0 Å². The number of rotatable bonds is 9. The Morgan fingerprint density at radius 1 is 1.16 bits per heavy atom. The Kier molecular flexibility index (Phi) is 11.9. The van der Waals surface area contributed by atoms with E-state index in [-0.39, 0.29) is 24.0 Å². The molecule has 1 aliphatic heterocycles. The molecule has 0 bridgehead atoms. The summed E-state index contributed by atoms with van der Waals surface area (Å²) in [6.45, 7) is 8.77. The van der Waals surface area contributed by atoms with Gasteiger partial charge in [-0.15, -0.1) is 24.0 Å². The third-order valence-corrected chi connectivity index (χ3v) is 4.37. The summed E-state index contributed by atoms with van der Waals surface area (Å²) in [5.41, 5.74) is 2.98. The molecule has 0 amide bonds. The van der Waals surface area contributed by atoms with E-state index in [2.05, 4.69) is 44.8 Å². The number of fused-ring (bicyclic) bond motifs is 1. The zero-order valence-corrected chi connectivity index (χ0v) is 17.9. The van der Waals surface area contributed by atoms with E-state index in [1.165, 1.54) is 11.1 Å². The highest BCUT2D eigenvalue weighted by Crippen LogP contribution is 2.17. The molecule has 0 aromatic heterocycles. The maximum Gasteiger partial charge on any atom is 0.191 e. The van der Waals surface area contributed by atoms with Gasteiger partial charge in [-0.1, -0.05) is 24.3 Å². The summed E-state index contributed by atoms with van der Waals surface area (Å²) in [6, 6.07) is 8.78. The molecule has 142 valence electrons. The second kappa shape index (κ2) is 13.4. The minimum atomic E-state index is 0. The molecule has 1 aromatic carbocycles. The van der Waals surface area contributed by atoms with E-state index in [0.717, 1.165) is 71.2 Å². The molecule has 1 aromatic rings. The van der Waals surface area contributed by atoms with Crippen LogP contribution in [0.25, 0.3) is 0 Å². The number of ether oxygens (including phenoxy) is 1. The zero-order valence-electron chi connectivity index (χ0n) is 15.6. The van der Waals surface area contributed by atoms with Gasteiger partial charge in [-0.2, -0.15) is 0 Å². The largest absolute Gasteiger partial charge is 0.382 e. The predicted molar refractivity (Wildman–Crippen MR) is 116 cm³/mol. The summed E-state index contributed by atoms with van der Waals surface area (Å²) in [5, 5.41) is 6.77. The summed E-state index contributed by atoms with van der Waals surface area (Å²) in [5.74, 6) is 0.892. The molecule has 1 aliphatic rings. The second-order valence-corrected chi connectivity index (χ2v) is 6.12. The monoisotopic (exact) mass is 460 g/mol. The second-order valence-electron chi connectivity index (χ2n) is 6.12. The number of halogens is 1. The number of nitrogens with zero attached hydrogens (tertiary/aromatic N) is 2. The van der Waals surface area contributed by atoms with Crippen LogP contribution in [0.1, 0.15) is 30.9 Å². The van der Waals surface area contributed by atoms with Crippen molar-refractivity contribution >= 4 is 29.9 Å². The molecular weight excluding hydrogens is 427 g/mol. The average molecular weight is 460 g/mol. The van der Waals surface area contributed by atoms with Crippen LogP contribution < -0.4 is 10.6 Å². The molecule has 5 nitrogen and oxygen atoms in total. The Balaban J connectivity index is 0.00000312. The van der Waals surface area contributed by atoms with Crippen molar-refractivity contribution in [1.82, 2.24) is 15.5 Å². The van der Waals surface area contributed by atoms with Crippen LogP contribution in [-0.2, 0) is 17.7 Å². The number of guanidine groups is 1. The van der Waals surface area contributed by atoms with Gasteiger partial charge in [0, 0.05) is 53.0 Å². The quantitative estimate of drug-likeness (QED) is 0.258. The number of unbranched alkanes of at least 4 members (excludes halogenated alkanes) is 1. The fourth-order valence-electron chi connectivity index (χ4n) is 2.98. The predicted octanol–water partition coefficient (Wildman–Crippen LogP) is 2.64. The Hall–Kier alpha value is -0.860. The molecule has 0 fully saturated rings. The van der Waals surface area contributed by atoms with Crippen LogP contribution >= 0.6 is 24.0 Å². The lowest BCUT2D eigenvalue weighted by atomic mass is 10.00.